The molecule has 0 bridgehead atoms. The second kappa shape index (κ2) is 8.47. The summed E-state index contributed by atoms with van der Waals surface area (Å²) in [7, 11) is 3.43. The third kappa shape index (κ3) is 4.81. The van der Waals surface area contributed by atoms with E-state index in [1.807, 2.05) is 67.4 Å². The van der Waals surface area contributed by atoms with Crippen molar-refractivity contribution in [2.24, 2.45) is 0 Å². The minimum absolute atomic E-state index is 0.0688. The zero-order valence-corrected chi connectivity index (χ0v) is 14.3. The molecule has 0 heterocycles. The van der Waals surface area contributed by atoms with Crippen molar-refractivity contribution in [3.8, 4) is 5.75 Å². The predicted octanol–water partition coefficient (Wildman–Crippen LogP) is 2.61. The number of carbonyl (C=O) groups is 1. The monoisotopic (exact) mass is 328 g/mol. The van der Waals surface area contributed by atoms with Crippen molar-refractivity contribution >= 4 is 11.6 Å². The zero-order chi connectivity index (χ0) is 17.5. The maximum atomic E-state index is 12.2. The van der Waals surface area contributed by atoms with Gasteiger partial charge in [-0.1, -0.05) is 29.8 Å². The molecule has 0 aliphatic carbocycles. The molecule has 0 saturated heterocycles. The van der Waals surface area contributed by atoms with Gasteiger partial charge in [-0.05, 0) is 43.8 Å². The van der Waals surface area contributed by atoms with E-state index in [4.69, 9.17) is 4.74 Å². The van der Waals surface area contributed by atoms with Gasteiger partial charge in [-0.25, -0.2) is 0 Å². The van der Waals surface area contributed by atoms with Crippen LogP contribution in [-0.4, -0.2) is 43.2 Å². The van der Waals surface area contributed by atoms with E-state index in [1.165, 1.54) is 0 Å². The molecule has 1 atom stereocenters. The topological polar surface area (TPSA) is 61.8 Å². The molecule has 0 saturated carbocycles. The quantitative estimate of drug-likeness (QED) is 0.820. The molecule has 1 amide bonds. The fraction of sp³-hybridized carbons (Fsp3) is 0.316. The molecule has 2 N–H and O–H groups in total. The van der Waals surface area contributed by atoms with Crippen LogP contribution in [0.15, 0.2) is 48.5 Å². The second-order valence-corrected chi connectivity index (χ2v) is 5.80. The Labute approximate surface area is 142 Å². The van der Waals surface area contributed by atoms with Crippen LogP contribution in [0.5, 0.6) is 5.75 Å². The van der Waals surface area contributed by atoms with Gasteiger partial charge in [0.2, 0.25) is 5.91 Å². The Morgan fingerprint density at radius 2 is 1.79 bits per heavy atom. The molecule has 24 heavy (non-hydrogen) atoms. The number of aliphatic hydroxyl groups is 1. The number of amides is 1. The number of aliphatic hydroxyl groups excluding tert-OH is 1. The lowest BCUT2D eigenvalue weighted by Gasteiger charge is -2.26. The first-order valence-electron chi connectivity index (χ1n) is 7.85. The van der Waals surface area contributed by atoms with Gasteiger partial charge in [0.25, 0.3) is 0 Å². The van der Waals surface area contributed by atoms with Crippen molar-refractivity contribution in [2.45, 2.75) is 13.0 Å². The molecule has 5 nitrogen and oxygen atoms in total. The molecule has 2 rings (SSSR count). The molecule has 0 aliphatic rings. The predicted molar refractivity (Wildman–Crippen MR) is 95.3 cm³/mol. The molecule has 0 spiro atoms. The van der Waals surface area contributed by atoms with Gasteiger partial charge in [-0.3, -0.25) is 9.69 Å². The van der Waals surface area contributed by atoms with Gasteiger partial charge in [0, 0.05) is 5.69 Å². The summed E-state index contributed by atoms with van der Waals surface area (Å²) in [5.74, 6) is 0.642. The molecule has 0 fully saturated rings. The van der Waals surface area contributed by atoms with Crippen LogP contribution in [0.2, 0.25) is 0 Å². The third-order valence-electron chi connectivity index (χ3n) is 3.93. The van der Waals surface area contributed by atoms with Crippen molar-refractivity contribution in [1.29, 1.82) is 0 Å². The van der Waals surface area contributed by atoms with Crippen molar-refractivity contribution in [3.05, 3.63) is 59.7 Å². The van der Waals surface area contributed by atoms with Gasteiger partial charge < -0.3 is 15.2 Å². The Hall–Kier alpha value is -2.37. The summed E-state index contributed by atoms with van der Waals surface area (Å²) in [6.45, 7) is 2.12. The summed E-state index contributed by atoms with van der Waals surface area (Å²) in [5.41, 5.74) is 2.85. The third-order valence-corrected chi connectivity index (χ3v) is 3.93. The molecule has 0 radical (unpaired) electrons. The number of likely N-dealkylation sites (N-methyl/N-ethyl adjacent to an activating group) is 1. The number of carbonyl (C=O) groups excluding carboxylic acids is 1. The average molecular weight is 328 g/mol. The van der Waals surface area contributed by atoms with Crippen LogP contribution in [0, 0.1) is 6.92 Å². The average Bonchev–Trinajstić information content (AvgIpc) is 2.58. The number of methoxy groups -OCH3 is 1. The molecule has 2 aromatic carbocycles. The summed E-state index contributed by atoms with van der Waals surface area (Å²) in [4.78, 5) is 14.0. The van der Waals surface area contributed by atoms with E-state index >= 15 is 0 Å². The number of benzene rings is 2. The van der Waals surface area contributed by atoms with E-state index in [0.29, 0.717) is 0 Å². The fourth-order valence-corrected chi connectivity index (χ4v) is 2.50. The number of hydrogen-bond acceptors (Lipinski definition) is 4. The summed E-state index contributed by atoms with van der Waals surface area (Å²) < 4.78 is 5.14. The number of ether oxygens (including phenoxy) is 1. The molecule has 0 aromatic heterocycles. The van der Waals surface area contributed by atoms with E-state index in [2.05, 4.69) is 5.32 Å². The van der Waals surface area contributed by atoms with Gasteiger partial charge in [0.1, 0.15) is 5.75 Å². The molecule has 128 valence electrons. The van der Waals surface area contributed by atoms with Crippen LogP contribution in [0.1, 0.15) is 17.2 Å². The minimum atomic E-state index is -0.250. The van der Waals surface area contributed by atoms with Gasteiger partial charge in [-0.15, -0.1) is 0 Å². The minimum Gasteiger partial charge on any atom is -0.497 e. The SMILES string of the molecule is COc1ccc(C(CO)N(C)CC(=O)Nc2ccc(C)cc2)cc1. The van der Waals surface area contributed by atoms with Crippen molar-refractivity contribution in [1.82, 2.24) is 4.90 Å². The highest BCUT2D eigenvalue weighted by Gasteiger charge is 2.18. The summed E-state index contributed by atoms with van der Waals surface area (Å²) in [6, 6.07) is 14.9. The highest BCUT2D eigenvalue weighted by molar-refractivity contribution is 5.92. The molecular formula is C19H24N2O3. The Kier molecular flexibility index (Phi) is 6.35. The first-order valence-corrected chi connectivity index (χ1v) is 7.85. The first kappa shape index (κ1) is 18.0. The Morgan fingerprint density at radius 3 is 2.33 bits per heavy atom. The van der Waals surface area contributed by atoms with E-state index < -0.39 is 0 Å². The number of hydrogen-bond donors (Lipinski definition) is 2. The summed E-state index contributed by atoms with van der Waals surface area (Å²) in [6.07, 6.45) is 0. The van der Waals surface area contributed by atoms with Gasteiger partial charge in [0.05, 0.1) is 26.3 Å². The highest BCUT2D eigenvalue weighted by Crippen LogP contribution is 2.21. The highest BCUT2D eigenvalue weighted by atomic mass is 16.5. The molecule has 1 unspecified atom stereocenters. The maximum Gasteiger partial charge on any atom is 0.238 e. The number of nitrogens with one attached hydrogen (secondary N) is 1. The standard InChI is InChI=1S/C19H24N2O3/c1-14-4-8-16(9-5-14)20-19(23)12-21(2)18(13-22)15-6-10-17(24-3)11-7-15/h4-11,18,22H,12-13H2,1-3H3,(H,20,23). The van der Waals surface area contributed by atoms with Crippen LogP contribution in [0.3, 0.4) is 0 Å². The number of aryl methyl sites for hydroxylation is 1. The van der Waals surface area contributed by atoms with Crippen molar-refractivity contribution in [2.75, 3.05) is 32.6 Å². The number of rotatable bonds is 7. The zero-order valence-electron chi connectivity index (χ0n) is 14.3. The van der Waals surface area contributed by atoms with E-state index in [-0.39, 0.29) is 25.1 Å². The van der Waals surface area contributed by atoms with Crippen LogP contribution in [0.25, 0.3) is 0 Å². The maximum absolute atomic E-state index is 12.2. The largest absolute Gasteiger partial charge is 0.497 e. The Morgan fingerprint density at radius 1 is 1.17 bits per heavy atom. The fourth-order valence-electron chi connectivity index (χ4n) is 2.50. The Balaban J connectivity index is 1.98. The molecule has 0 aliphatic heterocycles. The van der Waals surface area contributed by atoms with Crippen LogP contribution in [0.4, 0.5) is 5.69 Å². The van der Waals surface area contributed by atoms with Gasteiger partial charge in [0.15, 0.2) is 0 Å². The molecule has 5 heteroatoms. The summed E-state index contributed by atoms with van der Waals surface area (Å²) >= 11 is 0. The smallest absolute Gasteiger partial charge is 0.238 e. The van der Waals surface area contributed by atoms with E-state index in [1.54, 1.807) is 7.11 Å². The number of nitrogens with zero attached hydrogens (tertiary/aromatic N) is 1. The second-order valence-electron chi connectivity index (χ2n) is 5.80. The lowest BCUT2D eigenvalue weighted by Crippen LogP contribution is -2.34. The van der Waals surface area contributed by atoms with E-state index in [0.717, 1.165) is 22.6 Å². The molecular weight excluding hydrogens is 304 g/mol. The first-order chi connectivity index (χ1) is 11.5. The molecule has 2 aromatic rings. The van der Waals surface area contributed by atoms with Crippen molar-refractivity contribution < 1.29 is 14.6 Å². The van der Waals surface area contributed by atoms with E-state index in [9.17, 15) is 9.90 Å². The van der Waals surface area contributed by atoms with Gasteiger partial charge in [-0.2, -0.15) is 0 Å². The normalized spacial score (nSPS) is 12.0. The van der Waals surface area contributed by atoms with Crippen LogP contribution >= 0.6 is 0 Å². The lowest BCUT2D eigenvalue weighted by atomic mass is 10.1. The van der Waals surface area contributed by atoms with Gasteiger partial charge >= 0.3 is 0 Å². The lowest BCUT2D eigenvalue weighted by molar-refractivity contribution is -0.117. The summed E-state index contributed by atoms with van der Waals surface area (Å²) in [5, 5.41) is 12.6. The van der Waals surface area contributed by atoms with Crippen molar-refractivity contribution in [3.63, 3.8) is 0 Å². The Bertz CT molecular complexity index is 653. The van der Waals surface area contributed by atoms with Crippen LogP contribution < -0.4 is 10.1 Å². The van der Waals surface area contributed by atoms with Crippen LogP contribution in [-0.2, 0) is 4.79 Å². The number of anilines is 1.